The minimum atomic E-state index is -0.478. The number of nitrogens with zero attached hydrogens (tertiary/aromatic N) is 2. The first-order valence-electron chi connectivity index (χ1n) is 7.90. The average Bonchev–Trinajstić information content (AvgIpc) is 3.39. The highest BCUT2D eigenvalue weighted by Crippen LogP contribution is 2.49. The monoisotopic (exact) mass is 320 g/mol. The van der Waals surface area contributed by atoms with E-state index in [1.165, 1.54) is 0 Å². The first kappa shape index (κ1) is 15.9. The van der Waals surface area contributed by atoms with E-state index in [0.29, 0.717) is 0 Å². The molecule has 5 nitrogen and oxygen atoms in total. The predicted octanol–water partition coefficient (Wildman–Crippen LogP) is 2.93. The molecule has 24 heavy (non-hydrogen) atoms. The number of rotatable bonds is 5. The molecule has 0 aliphatic heterocycles. The summed E-state index contributed by atoms with van der Waals surface area (Å²) in [5.74, 6) is 0.0163. The van der Waals surface area contributed by atoms with Crippen LogP contribution in [0.15, 0.2) is 65.9 Å². The van der Waals surface area contributed by atoms with E-state index in [1.807, 2.05) is 49.4 Å². The van der Waals surface area contributed by atoms with Crippen LogP contribution < -0.4 is 11.1 Å². The molecule has 1 amide bonds. The Balaban J connectivity index is 1.64. The van der Waals surface area contributed by atoms with Gasteiger partial charge in [-0.15, -0.1) is 0 Å². The van der Waals surface area contributed by atoms with Crippen molar-refractivity contribution in [1.29, 1.82) is 0 Å². The third-order valence-electron chi connectivity index (χ3n) is 4.13. The molecule has 1 aliphatic rings. The molecular weight excluding hydrogens is 300 g/mol. The molecule has 0 radical (unpaired) electrons. The number of amides is 1. The van der Waals surface area contributed by atoms with Crippen LogP contribution in [0.25, 0.3) is 0 Å². The Morgan fingerprint density at radius 2 is 2.00 bits per heavy atom. The number of hydrogen-bond acceptors (Lipinski definition) is 3. The number of benzene rings is 1. The smallest absolute Gasteiger partial charge is 0.258 e. The Kier molecular flexibility index (Phi) is 4.42. The predicted molar refractivity (Wildman–Crippen MR) is 95.7 cm³/mol. The minimum absolute atomic E-state index is 0.173. The highest BCUT2D eigenvalue weighted by atomic mass is 16.1. The summed E-state index contributed by atoms with van der Waals surface area (Å²) in [6.07, 6.45) is 6.61. The van der Waals surface area contributed by atoms with Gasteiger partial charge in [0.25, 0.3) is 5.91 Å². The van der Waals surface area contributed by atoms with Crippen molar-refractivity contribution in [1.82, 2.24) is 4.98 Å². The first-order valence-corrected chi connectivity index (χ1v) is 7.90. The summed E-state index contributed by atoms with van der Waals surface area (Å²) in [6, 6.07) is 13.6. The molecule has 1 heterocycles. The number of hydrogen-bond donors (Lipinski definition) is 2. The van der Waals surface area contributed by atoms with Crippen molar-refractivity contribution in [3.63, 3.8) is 0 Å². The third-order valence-corrected chi connectivity index (χ3v) is 4.13. The Hall–Kier alpha value is -2.95. The van der Waals surface area contributed by atoms with Gasteiger partial charge >= 0.3 is 0 Å². The summed E-state index contributed by atoms with van der Waals surface area (Å²) >= 11 is 0. The molecule has 0 unspecified atom stereocenters. The quantitative estimate of drug-likeness (QED) is 0.655. The van der Waals surface area contributed by atoms with E-state index in [0.717, 1.165) is 29.8 Å². The molecule has 0 bridgehead atoms. The standard InChI is InChI=1S/C19H20N4O/c1-14-7-8-16(13-22-14)21-12-9-17(20)23-18(24)19(10-11-19)15-5-3-2-4-6-15/h2-9,12-13,21H,10-11H2,1H3,(H2,20,23,24)/b12-9-. The molecule has 3 rings (SSSR count). The van der Waals surface area contributed by atoms with Crippen molar-refractivity contribution >= 4 is 17.4 Å². The SMILES string of the molecule is Cc1ccc(N/C=C\C(N)=NC(=O)C2(c3ccccc3)CC2)cn1. The molecule has 1 aliphatic carbocycles. The lowest BCUT2D eigenvalue weighted by Gasteiger charge is -2.11. The van der Waals surface area contributed by atoms with Crippen LogP contribution in [0.3, 0.4) is 0 Å². The maximum Gasteiger partial charge on any atom is 0.258 e. The number of nitrogens with two attached hydrogens (primary N) is 1. The topological polar surface area (TPSA) is 80.4 Å². The second-order valence-electron chi connectivity index (χ2n) is 5.96. The largest absolute Gasteiger partial charge is 0.384 e. The van der Waals surface area contributed by atoms with Gasteiger partial charge in [0, 0.05) is 11.9 Å². The molecule has 1 saturated carbocycles. The van der Waals surface area contributed by atoms with Crippen LogP contribution in [0.5, 0.6) is 0 Å². The number of amidine groups is 1. The molecule has 3 N–H and O–H groups in total. The molecule has 0 spiro atoms. The normalized spacial score (nSPS) is 16.1. The van der Waals surface area contributed by atoms with E-state index in [2.05, 4.69) is 15.3 Å². The summed E-state index contributed by atoms with van der Waals surface area (Å²) < 4.78 is 0. The Bertz CT molecular complexity index is 775. The number of anilines is 1. The van der Waals surface area contributed by atoms with Crippen LogP contribution in [0.1, 0.15) is 24.1 Å². The van der Waals surface area contributed by atoms with Gasteiger partial charge in [-0.25, -0.2) is 0 Å². The Morgan fingerprint density at radius 1 is 1.25 bits per heavy atom. The summed E-state index contributed by atoms with van der Waals surface area (Å²) in [6.45, 7) is 1.93. The lowest BCUT2D eigenvalue weighted by molar-refractivity contribution is -0.120. The van der Waals surface area contributed by atoms with E-state index < -0.39 is 5.41 Å². The lowest BCUT2D eigenvalue weighted by atomic mass is 9.95. The van der Waals surface area contributed by atoms with Gasteiger partial charge in [0.05, 0.1) is 17.3 Å². The van der Waals surface area contributed by atoms with Gasteiger partial charge in [0.2, 0.25) is 0 Å². The van der Waals surface area contributed by atoms with Gasteiger partial charge in [-0.05, 0) is 43.5 Å². The first-order chi connectivity index (χ1) is 11.6. The molecule has 0 atom stereocenters. The molecule has 122 valence electrons. The number of carbonyl (C=O) groups excluding carboxylic acids is 1. The fraction of sp³-hybridized carbons (Fsp3) is 0.211. The molecule has 1 aromatic heterocycles. The zero-order valence-electron chi connectivity index (χ0n) is 13.6. The summed E-state index contributed by atoms with van der Waals surface area (Å²) in [4.78, 5) is 20.7. The van der Waals surface area contributed by atoms with E-state index in [4.69, 9.17) is 5.73 Å². The molecule has 2 aromatic rings. The van der Waals surface area contributed by atoms with Crippen LogP contribution in [0.4, 0.5) is 5.69 Å². The van der Waals surface area contributed by atoms with Gasteiger partial charge in [-0.1, -0.05) is 30.3 Å². The third kappa shape index (κ3) is 3.51. The maximum atomic E-state index is 12.5. The van der Waals surface area contributed by atoms with Crippen LogP contribution in [0, 0.1) is 6.92 Å². The second kappa shape index (κ2) is 6.66. The van der Waals surface area contributed by atoms with Gasteiger partial charge in [0.1, 0.15) is 5.84 Å². The maximum absolute atomic E-state index is 12.5. The summed E-state index contributed by atoms with van der Waals surface area (Å²) in [5.41, 5.74) is 8.18. The van der Waals surface area contributed by atoms with Crippen LogP contribution in [-0.2, 0) is 10.2 Å². The van der Waals surface area contributed by atoms with Gasteiger partial charge < -0.3 is 11.1 Å². The number of aliphatic imine (C=N–C) groups is 1. The fourth-order valence-corrected chi connectivity index (χ4v) is 2.55. The Morgan fingerprint density at radius 3 is 2.62 bits per heavy atom. The highest BCUT2D eigenvalue weighted by Gasteiger charge is 2.51. The van der Waals surface area contributed by atoms with Crippen molar-refractivity contribution in [2.24, 2.45) is 10.7 Å². The second-order valence-corrected chi connectivity index (χ2v) is 5.96. The van der Waals surface area contributed by atoms with Crippen molar-refractivity contribution in [2.45, 2.75) is 25.2 Å². The number of pyridine rings is 1. The number of aryl methyl sites for hydroxylation is 1. The molecule has 1 aromatic carbocycles. The van der Waals surface area contributed by atoms with Crippen molar-refractivity contribution in [3.8, 4) is 0 Å². The van der Waals surface area contributed by atoms with Crippen molar-refractivity contribution < 1.29 is 4.79 Å². The summed E-state index contributed by atoms with van der Waals surface area (Å²) in [7, 11) is 0. The van der Waals surface area contributed by atoms with E-state index >= 15 is 0 Å². The average molecular weight is 320 g/mol. The zero-order chi connectivity index (χ0) is 17.0. The fourth-order valence-electron chi connectivity index (χ4n) is 2.55. The van der Waals surface area contributed by atoms with Crippen LogP contribution in [0.2, 0.25) is 0 Å². The summed E-state index contributed by atoms with van der Waals surface area (Å²) in [5, 5.41) is 3.05. The number of aromatic nitrogens is 1. The lowest BCUT2D eigenvalue weighted by Crippen LogP contribution is -2.22. The van der Waals surface area contributed by atoms with E-state index in [-0.39, 0.29) is 11.7 Å². The van der Waals surface area contributed by atoms with E-state index in [1.54, 1.807) is 18.5 Å². The van der Waals surface area contributed by atoms with Gasteiger partial charge in [-0.3, -0.25) is 9.78 Å². The van der Waals surface area contributed by atoms with Gasteiger partial charge in [-0.2, -0.15) is 4.99 Å². The molecule has 5 heteroatoms. The van der Waals surface area contributed by atoms with Gasteiger partial charge in [0.15, 0.2) is 0 Å². The molecular formula is C19H20N4O. The minimum Gasteiger partial charge on any atom is -0.384 e. The van der Waals surface area contributed by atoms with Crippen LogP contribution >= 0.6 is 0 Å². The number of nitrogens with one attached hydrogen (secondary N) is 1. The molecule has 1 fully saturated rings. The van der Waals surface area contributed by atoms with E-state index in [9.17, 15) is 4.79 Å². The number of carbonyl (C=O) groups is 1. The molecule has 0 saturated heterocycles. The zero-order valence-corrected chi connectivity index (χ0v) is 13.6. The highest BCUT2D eigenvalue weighted by molar-refractivity contribution is 6.04. The van der Waals surface area contributed by atoms with Crippen molar-refractivity contribution in [2.75, 3.05) is 5.32 Å². The van der Waals surface area contributed by atoms with Crippen molar-refractivity contribution in [3.05, 3.63) is 72.2 Å². The Labute approximate surface area is 141 Å². The van der Waals surface area contributed by atoms with Crippen LogP contribution in [-0.4, -0.2) is 16.7 Å².